The summed E-state index contributed by atoms with van der Waals surface area (Å²) in [5, 5.41) is 10.6. The number of fused-ring (bicyclic) bond motifs is 2. The highest BCUT2D eigenvalue weighted by atomic mass is 32.2. The molecule has 7 nitrogen and oxygen atoms in total. The molecule has 2 saturated heterocycles. The zero-order valence-electron chi connectivity index (χ0n) is 13.8. The molecule has 1 amide bonds. The molecule has 2 aliphatic heterocycles. The SMILES string of the molecule is Cc1cncc2cccc(S(=O)(=O)N3CC4CN(C(=O)O)CC4C3)c12. The second-order valence-corrected chi connectivity index (χ2v) is 8.75. The third-order valence-electron chi connectivity index (χ3n) is 5.28. The molecule has 2 unspecified atom stereocenters. The maximum Gasteiger partial charge on any atom is 0.407 e. The Morgan fingerprint density at radius 2 is 1.84 bits per heavy atom. The van der Waals surface area contributed by atoms with E-state index in [0.717, 1.165) is 10.9 Å². The molecule has 25 heavy (non-hydrogen) atoms. The average molecular weight is 361 g/mol. The fourth-order valence-electron chi connectivity index (χ4n) is 4.03. The zero-order chi connectivity index (χ0) is 17.8. The van der Waals surface area contributed by atoms with Crippen LogP contribution in [0.2, 0.25) is 0 Å². The van der Waals surface area contributed by atoms with Crippen molar-refractivity contribution < 1.29 is 18.3 Å². The minimum Gasteiger partial charge on any atom is -0.465 e. The monoisotopic (exact) mass is 361 g/mol. The summed E-state index contributed by atoms with van der Waals surface area (Å²) in [4.78, 5) is 16.9. The van der Waals surface area contributed by atoms with Crippen LogP contribution in [-0.2, 0) is 10.0 Å². The van der Waals surface area contributed by atoms with Crippen molar-refractivity contribution in [2.75, 3.05) is 26.2 Å². The number of benzene rings is 1. The zero-order valence-corrected chi connectivity index (χ0v) is 14.6. The number of aromatic nitrogens is 1. The maximum atomic E-state index is 13.2. The highest BCUT2D eigenvalue weighted by Crippen LogP contribution is 2.36. The van der Waals surface area contributed by atoms with E-state index < -0.39 is 16.1 Å². The molecule has 8 heteroatoms. The van der Waals surface area contributed by atoms with Crippen molar-refractivity contribution in [3.05, 3.63) is 36.2 Å². The number of sulfonamides is 1. The molecular weight excluding hydrogens is 342 g/mol. The molecule has 1 N–H and O–H groups in total. The van der Waals surface area contributed by atoms with Crippen LogP contribution in [0.15, 0.2) is 35.5 Å². The van der Waals surface area contributed by atoms with Crippen LogP contribution in [-0.4, -0.2) is 60.0 Å². The van der Waals surface area contributed by atoms with Crippen molar-refractivity contribution in [3.63, 3.8) is 0 Å². The molecule has 4 rings (SSSR count). The number of carbonyl (C=O) groups is 1. The number of carboxylic acid groups (broad SMARTS) is 1. The smallest absolute Gasteiger partial charge is 0.407 e. The molecule has 0 bridgehead atoms. The standard InChI is InChI=1S/C17H19N3O4S/c1-11-5-18-6-12-3-2-4-15(16(11)12)25(23,24)20-9-13-7-19(17(21)22)8-14(13)10-20/h2-6,13-14H,7-10H2,1H3,(H,21,22). The molecule has 0 radical (unpaired) electrons. The van der Waals surface area contributed by atoms with Gasteiger partial charge in [0.2, 0.25) is 10.0 Å². The summed E-state index contributed by atoms with van der Waals surface area (Å²) in [6, 6.07) is 5.24. The summed E-state index contributed by atoms with van der Waals surface area (Å²) >= 11 is 0. The summed E-state index contributed by atoms with van der Waals surface area (Å²) in [6.07, 6.45) is 2.41. The summed E-state index contributed by atoms with van der Waals surface area (Å²) in [5.74, 6) is 0.146. The Labute approximate surface area is 145 Å². The number of aryl methyl sites for hydroxylation is 1. The van der Waals surface area contributed by atoms with Crippen molar-refractivity contribution in [3.8, 4) is 0 Å². The fourth-order valence-corrected chi connectivity index (χ4v) is 5.87. The van der Waals surface area contributed by atoms with Crippen LogP contribution < -0.4 is 0 Å². The highest BCUT2D eigenvalue weighted by molar-refractivity contribution is 7.89. The van der Waals surface area contributed by atoms with Crippen LogP contribution in [0.5, 0.6) is 0 Å². The van der Waals surface area contributed by atoms with Gasteiger partial charge in [-0.05, 0) is 30.4 Å². The molecule has 2 fully saturated rings. The van der Waals surface area contributed by atoms with Gasteiger partial charge in [-0.3, -0.25) is 4.98 Å². The van der Waals surface area contributed by atoms with Crippen LogP contribution in [0.25, 0.3) is 10.8 Å². The molecule has 2 aromatic rings. The van der Waals surface area contributed by atoms with E-state index in [2.05, 4.69) is 4.98 Å². The summed E-state index contributed by atoms with van der Waals surface area (Å²) < 4.78 is 28.0. The van der Waals surface area contributed by atoms with Gasteiger partial charge in [-0.2, -0.15) is 4.31 Å². The Hall–Kier alpha value is -2.19. The Balaban J connectivity index is 1.68. The van der Waals surface area contributed by atoms with Gasteiger partial charge in [0.1, 0.15) is 0 Å². The van der Waals surface area contributed by atoms with Gasteiger partial charge < -0.3 is 10.0 Å². The van der Waals surface area contributed by atoms with Crippen LogP contribution in [0.3, 0.4) is 0 Å². The number of pyridine rings is 1. The lowest BCUT2D eigenvalue weighted by molar-refractivity contribution is 0.151. The van der Waals surface area contributed by atoms with Crippen molar-refractivity contribution in [2.24, 2.45) is 11.8 Å². The van der Waals surface area contributed by atoms with Crippen LogP contribution >= 0.6 is 0 Å². The van der Waals surface area contributed by atoms with Crippen LogP contribution in [0.1, 0.15) is 5.56 Å². The first kappa shape index (κ1) is 16.3. The molecular formula is C17H19N3O4S. The Kier molecular flexibility index (Phi) is 3.69. The molecule has 2 aliphatic rings. The van der Waals surface area contributed by atoms with E-state index in [1.165, 1.54) is 9.21 Å². The number of nitrogens with zero attached hydrogens (tertiary/aromatic N) is 3. The van der Waals surface area contributed by atoms with E-state index in [1.54, 1.807) is 24.5 Å². The van der Waals surface area contributed by atoms with E-state index in [1.807, 2.05) is 13.0 Å². The lowest BCUT2D eigenvalue weighted by Crippen LogP contribution is -2.35. The second kappa shape index (κ2) is 5.67. The molecule has 1 aromatic carbocycles. The van der Waals surface area contributed by atoms with E-state index in [0.29, 0.717) is 36.5 Å². The predicted molar refractivity (Wildman–Crippen MR) is 91.8 cm³/mol. The third kappa shape index (κ3) is 2.56. The van der Waals surface area contributed by atoms with E-state index in [9.17, 15) is 13.2 Å². The van der Waals surface area contributed by atoms with Crippen molar-refractivity contribution in [1.29, 1.82) is 0 Å². The molecule has 0 spiro atoms. The largest absolute Gasteiger partial charge is 0.465 e. The van der Waals surface area contributed by atoms with Gasteiger partial charge in [0, 0.05) is 49.3 Å². The fraction of sp³-hybridized carbons (Fsp3) is 0.412. The van der Waals surface area contributed by atoms with Gasteiger partial charge in [-0.15, -0.1) is 0 Å². The second-order valence-electron chi connectivity index (χ2n) is 6.84. The van der Waals surface area contributed by atoms with Gasteiger partial charge in [0.25, 0.3) is 0 Å². The number of amides is 1. The maximum absolute atomic E-state index is 13.2. The first-order valence-corrected chi connectivity index (χ1v) is 9.63. The minimum atomic E-state index is -3.63. The molecule has 0 aliphatic carbocycles. The Morgan fingerprint density at radius 1 is 1.16 bits per heavy atom. The molecule has 1 aromatic heterocycles. The topological polar surface area (TPSA) is 90.8 Å². The number of rotatable bonds is 2. The third-order valence-corrected chi connectivity index (χ3v) is 7.15. The van der Waals surface area contributed by atoms with Crippen molar-refractivity contribution >= 4 is 26.9 Å². The van der Waals surface area contributed by atoms with Gasteiger partial charge in [-0.1, -0.05) is 12.1 Å². The molecule has 0 saturated carbocycles. The van der Waals surface area contributed by atoms with Gasteiger partial charge >= 0.3 is 6.09 Å². The van der Waals surface area contributed by atoms with E-state index in [4.69, 9.17) is 5.11 Å². The first-order chi connectivity index (χ1) is 11.9. The van der Waals surface area contributed by atoms with Crippen LogP contribution in [0.4, 0.5) is 4.79 Å². The number of hydrogen-bond acceptors (Lipinski definition) is 4. The molecule has 132 valence electrons. The summed E-state index contributed by atoms with van der Waals surface area (Å²) in [5.41, 5.74) is 0.827. The lowest BCUT2D eigenvalue weighted by atomic mass is 10.0. The molecule has 3 heterocycles. The number of likely N-dealkylation sites (tertiary alicyclic amines) is 1. The van der Waals surface area contributed by atoms with Gasteiger partial charge in [-0.25, -0.2) is 13.2 Å². The Bertz CT molecular complexity index is 940. The highest BCUT2D eigenvalue weighted by Gasteiger charge is 2.45. The quantitative estimate of drug-likeness (QED) is 0.880. The summed E-state index contributed by atoms with van der Waals surface area (Å²) in [7, 11) is -3.63. The first-order valence-electron chi connectivity index (χ1n) is 8.19. The minimum absolute atomic E-state index is 0.0728. The molecule has 2 atom stereocenters. The summed E-state index contributed by atoms with van der Waals surface area (Å²) in [6.45, 7) is 3.42. The van der Waals surface area contributed by atoms with Crippen LogP contribution in [0, 0.1) is 18.8 Å². The normalized spacial score (nSPS) is 24.0. The van der Waals surface area contributed by atoms with Gasteiger partial charge in [0.15, 0.2) is 0 Å². The number of hydrogen-bond donors (Lipinski definition) is 1. The van der Waals surface area contributed by atoms with Gasteiger partial charge in [0.05, 0.1) is 4.90 Å². The average Bonchev–Trinajstić information content (AvgIpc) is 3.14. The van der Waals surface area contributed by atoms with E-state index in [-0.39, 0.29) is 11.8 Å². The van der Waals surface area contributed by atoms with E-state index >= 15 is 0 Å². The predicted octanol–water partition coefficient (Wildman–Crippen LogP) is 1.77. The Morgan fingerprint density at radius 3 is 2.48 bits per heavy atom. The van der Waals surface area contributed by atoms with Crippen molar-refractivity contribution in [2.45, 2.75) is 11.8 Å². The van der Waals surface area contributed by atoms with Crippen molar-refractivity contribution in [1.82, 2.24) is 14.2 Å². The lowest BCUT2D eigenvalue weighted by Gasteiger charge is -2.21.